The highest BCUT2D eigenvalue weighted by molar-refractivity contribution is 7.78. The third-order valence-electron chi connectivity index (χ3n) is 2.26. The third kappa shape index (κ3) is 99.5. The Morgan fingerprint density at radius 2 is 1.16 bits per heavy atom. The maximum Gasteiger partial charge on any atom is 0.300 e. The van der Waals surface area contributed by atoms with Gasteiger partial charge in [0, 0.05) is 60.8 Å². The predicted octanol–water partition coefficient (Wildman–Crippen LogP) is 1.51. The van der Waals surface area contributed by atoms with Crippen molar-refractivity contribution in [1.82, 2.24) is 10.3 Å². The number of carboxylic acid groups (broad SMARTS) is 5. The van der Waals surface area contributed by atoms with Crippen LogP contribution in [0.2, 0.25) is 0 Å². The molecule has 14 nitrogen and oxygen atoms in total. The summed E-state index contributed by atoms with van der Waals surface area (Å²) in [6.07, 6.45) is 0. The van der Waals surface area contributed by atoms with Gasteiger partial charge < -0.3 is 36.6 Å². The molecule has 0 bridgehead atoms. The quantitative estimate of drug-likeness (QED) is 0.105. The number of isothiocyanates is 1. The summed E-state index contributed by atoms with van der Waals surface area (Å²) in [4.78, 5) is 45.0. The van der Waals surface area contributed by atoms with Crippen molar-refractivity contribution in [2.24, 2.45) is 10.8 Å². The van der Waals surface area contributed by atoms with E-state index in [1.165, 1.54) is 5.56 Å². The fraction of sp³-hybridized carbons (Fsp3) is 0.455. The molecule has 1 aromatic rings. The summed E-state index contributed by atoms with van der Waals surface area (Å²) < 4.78 is 0. The molecule has 0 heterocycles. The SMILES string of the molecule is CC(=O)O.CC(=O)O.CC(=O)O.CC(=O)O.CC(=O)O.NCCNCCN(Cc1ccccc1)N=C=S. The van der Waals surface area contributed by atoms with Gasteiger partial charge in [-0.1, -0.05) is 30.3 Å². The van der Waals surface area contributed by atoms with E-state index < -0.39 is 29.8 Å². The van der Waals surface area contributed by atoms with Crippen LogP contribution >= 0.6 is 12.2 Å². The summed E-state index contributed by atoms with van der Waals surface area (Å²) in [5, 5.41) is 48.7. The summed E-state index contributed by atoms with van der Waals surface area (Å²) in [5.74, 6) is -4.17. The second kappa shape index (κ2) is 34.3. The van der Waals surface area contributed by atoms with Crippen molar-refractivity contribution in [2.45, 2.75) is 41.2 Å². The Morgan fingerprint density at radius 3 is 1.46 bits per heavy atom. The van der Waals surface area contributed by atoms with Crippen LogP contribution in [-0.2, 0) is 30.5 Å². The Kier molecular flexibility index (Phi) is 40.0. The lowest BCUT2D eigenvalue weighted by atomic mass is 10.2. The predicted molar refractivity (Wildman–Crippen MR) is 140 cm³/mol. The molecule has 0 spiro atoms. The van der Waals surface area contributed by atoms with Crippen molar-refractivity contribution in [3.63, 3.8) is 0 Å². The van der Waals surface area contributed by atoms with E-state index in [9.17, 15) is 0 Å². The van der Waals surface area contributed by atoms with Crippen LogP contribution in [0.1, 0.15) is 40.2 Å². The lowest BCUT2D eigenvalue weighted by molar-refractivity contribution is -0.135. The van der Waals surface area contributed by atoms with Crippen LogP contribution in [0.4, 0.5) is 0 Å². The van der Waals surface area contributed by atoms with Crippen molar-refractivity contribution >= 4 is 47.2 Å². The van der Waals surface area contributed by atoms with E-state index in [4.69, 9.17) is 55.2 Å². The van der Waals surface area contributed by atoms with Crippen LogP contribution in [-0.4, -0.2) is 91.7 Å². The van der Waals surface area contributed by atoms with Crippen LogP contribution in [0.5, 0.6) is 0 Å². The Balaban J connectivity index is -0.000000139. The van der Waals surface area contributed by atoms with Gasteiger partial charge in [-0.05, 0) is 17.8 Å². The van der Waals surface area contributed by atoms with E-state index in [0.29, 0.717) is 6.54 Å². The van der Waals surface area contributed by atoms with Gasteiger partial charge >= 0.3 is 0 Å². The van der Waals surface area contributed by atoms with E-state index in [1.54, 1.807) is 0 Å². The molecule has 0 radical (unpaired) electrons. The number of rotatable bonds is 8. The number of benzene rings is 1. The highest BCUT2D eigenvalue weighted by Crippen LogP contribution is 2.03. The maximum atomic E-state index is 9.00. The van der Waals surface area contributed by atoms with Crippen molar-refractivity contribution in [2.75, 3.05) is 26.2 Å². The first kappa shape index (κ1) is 43.2. The van der Waals surface area contributed by atoms with Crippen LogP contribution in [0.25, 0.3) is 0 Å². The van der Waals surface area contributed by atoms with Crippen molar-refractivity contribution < 1.29 is 49.5 Å². The molecule has 0 saturated carbocycles. The van der Waals surface area contributed by atoms with Gasteiger partial charge in [0.25, 0.3) is 29.8 Å². The Labute approximate surface area is 221 Å². The summed E-state index contributed by atoms with van der Waals surface area (Å²) in [5.41, 5.74) is 6.61. The van der Waals surface area contributed by atoms with Crippen molar-refractivity contribution in [1.29, 1.82) is 0 Å². The van der Waals surface area contributed by atoms with Gasteiger partial charge in [0.2, 0.25) is 0 Å². The van der Waals surface area contributed by atoms with Gasteiger partial charge in [-0.2, -0.15) is 0 Å². The molecule has 0 saturated heterocycles. The zero-order valence-corrected chi connectivity index (χ0v) is 22.4. The molecule has 1 rings (SSSR count). The normalized spacial score (nSPS) is 7.84. The second-order valence-electron chi connectivity index (χ2n) is 6.20. The maximum absolute atomic E-state index is 9.00. The summed E-state index contributed by atoms with van der Waals surface area (Å²) >= 11 is 4.65. The minimum atomic E-state index is -0.833. The molecule has 0 fully saturated rings. The lowest BCUT2D eigenvalue weighted by Gasteiger charge is -2.17. The van der Waals surface area contributed by atoms with Crippen molar-refractivity contribution in [3.05, 3.63) is 35.9 Å². The van der Waals surface area contributed by atoms with E-state index >= 15 is 0 Å². The van der Waals surface area contributed by atoms with Crippen LogP contribution < -0.4 is 11.1 Å². The van der Waals surface area contributed by atoms with Crippen LogP contribution in [0, 0.1) is 0 Å². The molecule has 212 valence electrons. The van der Waals surface area contributed by atoms with Gasteiger partial charge in [0.05, 0.1) is 11.7 Å². The minimum absolute atomic E-state index is 0.648. The Hall–Kier alpha value is -3.91. The van der Waals surface area contributed by atoms with E-state index in [2.05, 4.69) is 39.9 Å². The standard InChI is InChI=1S/C12H18N4S.5C2H4O2/c13-6-7-14-8-9-16(15-11-17)10-12-4-2-1-3-5-12;5*1-2(3)4/h1-5,14H,6-10,13H2;5*1H3,(H,3,4). The lowest BCUT2D eigenvalue weighted by Crippen LogP contribution is -2.31. The highest BCUT2D eigenvalue weighted by Gasteiger charge is 2.01. The second-order valence-corrected chi connectivity index (χ2v) is 6.38. The molecule has 37 heavy (non-hydrogen) atoms. The molecular formula is C22H38N4O10S. The monoisotopic (exact) mass is 550 g/mol. The number of thiocarbonyl (C=S) groups is 1. The smallest absolute Gasteiger partial charge is 0.300 e. The molecule has 0 aliphatic heterocycles. The molecular weight excluding hydrogens is 512 g/mol. The third-order valence-corrected chi connectivity index (χ3v) is 2.34. The topological polar surface area (TPSA) is 240 Å². The average Bonchev–Trinajstić information content (AvgIpc) is 2.70. The molecule has 1 aromatic carbocycles. The Morgan fingerprint density at radius 1 is 0.811 bits per heavy atom. The Bertz CT molecular complexity index is 699. The van der Waals surface area contributed by atoms with Gasteiger partial charge in [0.1, 0.15) is 0 Å². The molecule has 8 N–H and O–H groups in total. The molecule has 0 unspecified atom stereocenters. The van der Waals surface area contributed by atoms with E-state index in [0.717, 1.165) is 60.8 Å². The highest BCUT2D eigenvalue weighted by atomic mass is 32.1. The number of hydrogen-bond donors (Lipinski definition) is 7. The van der Waals surface area contributed by atoms with E-state index in [1.807, 2.05) is 23.2 Å². The van der Waals surface area contributed by atoms with Gasteiger partial charge in [-0.15, -0.1) is 5.10 Å². The molecule has 0 atom stereocenters. The largest absolute Gasteiger partial charge is 0.481 e. The number of carboxylic acids is 5. The summed E-state index contributed by atoms with van der Waals surface area (Å²) in [7, 11) is 0. The van der Waals surface area contributed by atoms with Crippen LogP contribution in [0.3, 0.4) is 0 Å². The molecule has 15 heteroatoms. The number of nitrogens with one attached hydrogen (secondary N) is 1. The molecule has 0 aliphatic rings. The van der Waals surface area contributed by atoms with Crippen molar-refractivity contribution in [3.8, 4) is 0 Å². The first-order valence-electron chi connectivity index (χ1n) is 10.3. The number of aliphatic carboxylic acids is 5. The average molecular weight is 551 g/mol. The van der Waals surface area contributed by atoms with Gasteiger partial charge in [0.15, 0.2) is 0 Å². The molecule has 0 aliphatic carbocycles. The van der Waals surface area contributed by atoms with E-state index in [-0.39, 0.29) is 0 Å². The first-order chi connectivity index (χ1) is 17.0. The minimum Gasteiger partial charge on any atom is -0.481 e. The number of carbonyl (C=O) groups is 5. The van der Waals surface area contributed by atoms with Gasteiger partial charge in [-0.25, -0.2) is 0 Å². The van der Waals surface area contributed by atoms with Gasteiger partial charge in [-0.3, -0.25) is 29.0 Å². The zero-order chi connectivity index (χ0) is 30.2. The number of nitrogens with zero attached hydrogens (tertiary/aromatic N) is 2. The first-order valence-corrected chi connectivity index (χ1v) is 10.7. The number of hydrogen-bond acceptors (Lipinski definition) is 10. The van der Waals surface area contributed by atoms with Crippen LogP contribution in [0.15, 0.2) is 35.4 Å². The zero-order valence-electron chi connectivity index (χ0n) is 21.6. The summed E-state index contributed by atoms with van der Waals surface area (Å²) in [6, 6.07) is 10.2. The summed E-state index contributed by atoms with van der Waals surface area (Å²) in [6.45, 7) is 9.26. The fourth-order valence-electron chi connectivity index (χ4n) is 1.45. The molecule has 0 amide bonds. The molecule has 0 aromatic heterocycles. The number of nitrogens with two attached hydrogens (primary N) is 1. The fourth-order valence-corrected chi connectivity index (χ4v) is 1.57. The number of hydrazone groups is 1.